The van der Waals surface area contributed by atoms with Gasteiger partial charge in [-0.3, -0.25) is 0 Å². The van der Waals surface area contributed by atoms with Gasteiger partial charge in [0, 0.05) is 34.5 Å². The third kappa shape index (κ3) is 2.38. The van der Waals surface area contributed by atoms with E-state index < -0.39 is 0 Å². The van der Waals surface area contributed by atoms with Gasteiger partial charge in [-0.25, -0.2) is 4.98 Å². The average molecular weight is 257 g/mol. The Labute approximate surface area is 103 Å². The molecule has 16 heavy (non-hydrogen) atoms. The van der Waals surface area contributed by atoms with Gasteiger partial charge in [0.25, 0.3) is 0 Å². The van der Waals surface area contributed by atoms with Gasteiger partial charge in [-0.15, -0.1) is 0 Å². The Morgan fingerprint density at radius 2 is 1.88 bits per heavy atom. The monoisotopic (exact) mass is 256 g/mol. The molecule has 3 nitrogen and oxygen atoms in total. The Morgan fingerprint density at radius 3 is 2.50 bits per heavy atom. The maximum absolute atomic E-state index is 8.92. The Balaban J connectivity index is 2.45. The van der Waals surface area contributed by atoms with Crippen LogP contribution in [0.4, 0.5) is 0 Å². The van der Waals surface area contributed by atoms with Gasteiger partial charge in [-0.2, -0.15) is 0 Å². The average Bonchev–Trinajstić information content (AvgIpc) is 2.65. The smallest absolute Gasteiger partial charge is 0.140 e. The molecule has 2 aromatic rings. The van der Waals surface area contributed by atoms with E-state index in [1.807, 2.05) is 4.57 Å². The molecule has 0 radical (unpaired) electrons. The van der Waals surface area contributed by atoms with Crippen LogP contribution in [0.1, 0.15) is 0 Å². The molecule has 0 unspecified atom stereocenters. The number of aliphatic hydroxyl groups excluding tert-OH is 1. The number of aliphatic hydroxyl groups is 1. The Bertz CT molecular complexity index is 476. The van der Waals surface area contributed by atoms with Crippen molar-refractivity contribution in [3.63, 3.8) is 0 Å². The van der Waals surface area contributed by atoms with Gasteiger partial charge in [0.15, 0.2) is 0 Å². The Hall–Kier alpha value is -1.03. The van der Waals surface area contributed by atoms with Gasteiger partial charge in [0.05, 0.1) is 6.61 Å². The molecule has 0 saturated heterocycles. The zero-order valence-electron chi connectivity index (χ0n) is 8.40. The van der Waals surface area contributed by atoms with Crippen molar-refractivity contribution in [3.8, 4) is 11.4 Å². The Morgan fingerprint density at radius 1 is 1.19 bits per heavy atom. The number of hydrogen-bond acceptors (Lipinski definition) is 2. The van der Waals surface area contributed by atoms with Crippen molar-refractivity contribution in [2.45, 2.75) is 6.54 Å². The van der Waals surface area contributed by atoms with Gasteiger partial charge in [0.2, 0.25) is 0 Å². The van der Waals surface area contributed by atoms with Gasteiger partial charge in [-0.05, 0) is 18.2 Å². The van der Waals surface area contributed by atoms with Crippen molar-refractivity contribution < 1.29 is 5.11 Å². The molecule has 1 aromatic carbocycles. The van der Waals surface area contributed by atoms with E-state index in [1.54, 1.807) is 30.6 Å². The van der Waals surface area contributed by atoms with Crippen LogP contribution >= 0.6 is 23.2 Å². The lowest BCUT2D eigenvalue weighted by atomic mass is 10.2. The van der Waals surface area contributed by atoms with Crippen LogP contribution in [-0.4, -0.2) is 21.3 Å². The number of halogens is 2. The fourth-order valence-corrected chi connectivity index (χ4v) is 2.07. The fraction of sp³-hybridized carbons (Fsp3) is 0.182. The lowest BCUT2D eigenvalue weighted by Crippen LogP contribution is -2.02. The normalized spacial score (nSPS) is 10.7. The number of imidazole rings is 1. The zero-order valence-corrected chi connectivity index (χ0v) is 9.91. The molecule has 1 N–H and O–H groups in total. The summed E-state index contributed by atoms with van der Waals surface area (Å²) in [5, 5.41) is 10.1. The summed E-state index contributed by atoms with van der Waals surface area (Å²) < 4.78 is 1.85. The second-order valence-corrected chi connectivity index (χ2v) is 4.20. The molecule has 0 fully saturated rings. The minimum atomic E-state index is 0.0671. The molecule has 5 heteroatoms. The molecule has 0 atom stereocenters. The molecular formula is C11H10Cl2N2O. The number of hydrogen-bond donors (Lipinski definition) is 1. The molecule has 0 aliphatic heterocycles. The van der Waals surface area contributed by atoms with Gasteiger partial charge in [0.1, 0.15) is 5.82 Å². The molecule has 1 aromatic heterocycles. The maximum atomic E-state index is 8.92. The van der Waals surface area contributed by atoms with Crippen molar-refractivity contribution in [2.24, 2.45) is 0 Å². The van der Waals surface area contributed by atoms with Crippen LogP contribution < -0.4 is 0 Å². The number of aromatic nitrogens is 2. The summed E-state index contributed by atoms with van der Waals surface area (Å²) in [6.45, 7) is 0.567. The SMILES string of the molecule is OCCn1ccnc1-c1cc(Cl)cc(Cl)c1. The third-order valence-corrected chi connectivity index (χ3v) is 2.61. The first-order valence-corrected chi connectivity index (χ1v) is 5.55. The van der Waals surface area contributed by atoms with Crippen molar-refractivity contribution in [1.82, 2.24) is 9.55 Å². The van der Waals surface area contributed by atoms with E-state index in [1.165, 1.54) is 0 Å². The minimum absolute atomic E-state index is 0.0671. The first kappa shape index (κ1) is 11.5. The molecule has 2 rings (SSSR count). The highest BCUT2D eigenvalue weighted by Gasteiger charge is 2.07. The van der Waals surface area contributed by atoms with Crippen LogP contribution in [0.2, 0.25) is 10.0 Å². The van der Waals surface area contributed by atoms with E-state index in [2.05, 4.69) is 4.98 Å². The summed E-state index contributed by atoms with van der Waals surface area (Å²) in [6.07, 6.45) is 3.49. The first-order chi connectivity index (χ1) is 7.70. The van der Waals surface area contributed by atoms with Crippen LogP contribution in [0.3, 0.4) is 0 Å². The highest BCUT2D eigenvalue weighted by molar-refractivity contribution is 6.35. The number of rotatable bonds is 3. The van der Waals surface area contributed by atoms with E-state index in [0.717, 1.165) is 11.4 Å². The quantitative estimate of drug-likeness (QED) is 0.918. The molecule has 0 bridgehead atoms. The summed E-state index contributed by atoms with van der Waals surface area (Å²) >= 11 is 11.9. The summed E-state index contributed by atoms with van der Waals surface area (Å²) in [4.78, 5) is 4.22. The predicted octanol–water partition coefficient (Wildman–Crippen LogP) is 2.85. The molecule has 0 spiro atoms. The summed E-state index contributed by atoms with van der Waals surface area (Å²) in [7, 11) is 0. The highest BCUT2D eigenvalue weighted by atomic mass is 35.5. The minimum Gasteiger partial charge on any atom is -0.395 e. The van der Waals surface area contributed by atoms with Crippen LogP contribution in [0, 0.1) is 0 Å². The topological polar surface area (TPSA) is 38.0 Å². The molecule has 84 valence electrons. The van der Waals surface area contributed by atoms with Crippen LogP contribution in [0.25, 0.3) is 11.4 Å². The summed E-state index contributed by atoms with van der Waals surface area (Å²) in [6, 6.07) is 5.26. The molecule has 0 saturated carbocycles. The van der Waals surface area contributed by atoms with E-state index in [-0.39, 0.29) is 6.61 Å². The summed E-state index contributed by atoms with van der Waals surface area (Å²) in [5.74, 6) is 0.749. The van der Waals surface area contributed by atoms with Gasteiger partial charge >= 0.3 is 0 Å². The highest BCUT2D eigenvalue weighted by Crippen LogP contribution is 2.26. The van der Waals surface area contributed by atoms with Crippen molar-refractivity contribution in [3.05, 3.63) is 40.6 Å². The van der Waals surface area contributed by atoms with E-state index in [4.69, 9.17) is 28.3 Å². The number of benzene rings is 1. The lowest BCUT2D eigenvalue weighted by molar-refractivity contribution is 0.276. The van der Waals surface area contributed by atoms with Gasteiger partial charge < -0.3 is 9.67 Å². The molecular weight excluding hydrogens is 247 g/mol. The van der Waals surface area contributed by atoms with Gasteiger partial charge in [-0.1, -0.05) is 23.2 Å². The predicted molar refractivity (Wildman–Crippen MR) is 64.8 cm³/mol. The Kier molecular flexibility index (Phi) is 3.49. The van der Waals surface area contributed by atoms with E-state index in [0.29, 0.717) is 16.6 Å². The third-order valence-electron chi connectivity index (χ3n) is 2.18. The second kappa shape index (κ2) is 4.87. The van der Waals surface area contributed by atoms with Crippen molar-refractivity contribution in [2.75, 3.05) is 6.61 Å². The lowest BCUT2D eigenvalue weighted by Gasteiger charge is -2.06. The van der Waals surface area contributed by atoms with Crippen LogP contribution in [0.15, 0.2) is 30.6 Å². The maximum Gasteiger partial charge on any atom is 0.140 e. The summed E-state index contributed by atoms with van der Waals surface area (Å²) in [5.41, 5.74) is 0.843. The number of nitrogens with zero attached hydrogens (tertiary/aromatic N) is 2. The molecule has 0 aliphatic carbocycles. The van der Waals surface area contributed by atoms with Crippen molar-refractivity contribution in [1.29, 1.82) is 0 Å². The second-order valence-electron chi connectivity index (χ2n) is 3.33. The van der Waals surface area contributed by atoms with E-state index >= 15 is 0 Å². The standard InChI is InChI=1S/C11H10Cl2N2O/c12-9-5-8(6-10(13)7-9)11-14-1-2-15(11)3-4-16/h1-2,5-7,16H,3-4H2. The molecule has 0 aliphatic rings. The van der Waals surface area contributed by atoms with Crippen LogP contribution in [-0.2, 0) is 6.54 Å². The van der Waals surface area contributed by atoms with Crippen molar-refractivity contribution >= 4 is 23.2 Å². The largest absolute Gasteiger partial charge is 0.395 e. The molecule has 1 heterocycles. The zero-order chi connectivity index (χ0) is 11.5. The van der Waals surface area contributed by atoms with Crippen LogP contribution in [0.5, 0.6) is 0 Å². The fourth-order valence-electron chi connectivity index (χ4n) is 1.54. The van der Waals surface area contributed by atoms with E-state index in [9.17, 15) is 0 Å². The first-order valence-electron chi connectivity index (χ1n) is 4.79. The molecule has 0 amide bonds.